The van der Waals surface area contributed by atoms with Crippen LogP contribution in [0.25, 0.3) is 0 Å². The zero-order chi connectivity index (χ0) is 14.2. The molecule has 3 fully saturated rings. The lowest BCUT2D eigenvalue weighted by Gasteiger charge is -2.37. The van der Waals surface area contributed by atoms with Gasteiger partial charge in [-0.15, -0.1) is 0 Å². The Kier molecular flexibility index (Phi) is 3.61. The first-order chi connectivity index (χ1) is 10.3. The monoisotopic (exact) mass is 289 g/mol. The number of morpholine rings is 1. The summed E-state index contributed by atoms with van der Waals surface area (Å²) in [5.74, 6) is 0.865. The van der Waals surface area contributed by atoms with Gasteiger partial charge >= 0.3 is 0 Å². The molecular weight excluding hydrogens is 266 g/mol. The van der Waals surface area contributed by atoms with E-state index in [1.807, 2.05) is 24.3 Å². The highest BCUT2D eigenvalue weighted by molar-refractivity contribution is 5.31. The second-order valence-electron chi connectivity index (χ2n) is 6.50. The Bertz CT molecular complexity index is 503. The molecule has 2 saturated heterocycles. The maximum Gasteiger partial charge on any atom is 0.120 e. The molecule has 0 aromatic heterocycles. The lowest BCUT2D eigenvalue weighted by atomic mass is 10.0. The van der Waals surface area contributed by atoms with Gasteiger partial charge in [-0.3, -0.25) is 4.90 Å². The fourth-order valence-corrected chi connectivity index (χ4v) is 3.40. The molecule has 0 bridgehead atoms. The van der Waals surface area contributed by atoms with Crippen LogP contribution >= 0.6 is 0 Å². The van der Waals surface area contributed by atoms with Crippen molar-refractivity contribution in [3.63, 3.8) is 0 Å². The van der Waals surface area contributed by atoms with Gasteiger partial charge in [0.15, 0.2) is 0 Å². The summed E-state index contributed by atoms with van der Waals surface area (Å²) >= 11 is 0. The number of aliphatic hydroxyl groups is 1. The minimum atomic E-state index is -0.575. The summed E-state index contributed by atoms with van der Waals surface area (Å²) in [6.45, 7) is 2.72. The van der Waals surface area contributed by atoms with Gasteiger partial charge in [-0.2, -0.15) is 0 Å². The molecule has 1 saturated carbocycles. The summed E-state index contributed by atoms with van der Waals surface area (Å²) in [5.41, 5.74) is 0.899. The van der Waals surface area contributed by atoms with E-state index < -0.39 is 6.10 Å². The van der Waals surface area contributed by atoms with E-state index in [9.17, 15) is 5.11 Å². The highest BCUT2D eigenvalue weighted by atomic mass is 16.5. The van der Waals surface area contributed by atoms with Crippen LogP contribution in [-0.2, 0) is 4.74 Å². The predicted octanol–water partition coefficient (Wildman–Crippen LogP) is 2.12. The quantitative estimate of drug-likeness (QED) is 0.922. The molecule has 0 amide bonds. The largest absolute Gasteiger partial charge is 0.490 e. The number of nitrogens with zero attached hydrogens (tertiary/aromatic N) is 1. The van der Waals surface area contributed by atoms with Gasteiger partial charge in [-0.05, 0) is 49.9 Å². The maximum absolute atomic E-state index is 10.6. The van der Waals surface area contributed by atoms with Crippen molar-refractivity contribution in [3.8, 4) is 5.75 Å². The Labute approximate surface area is 125 Å². The number of aliphatic hydroxyl groups excluding tert-OH is 1. The summed E-state index contributed by atoms with van der Waals surface area (Å²) in [4.78, 5) is 2.46. The summed E-state index contributed by atoms with van der Waals surface area (Å²) in [6.07, 6.45) is 4.46. The van der Waals surface area contributed by atoms with Crippen LogP contribution in [0.1, 0.15) is 37.4 Å². The summed E-state index contributed by atoms with van der Waals surface area (Å²) in [5, 5.41) is 10.6. The first-order valence-electron chi connectivity index (χ1n) is 8.10. The molecule has 0 radical (unpaired) electrons. The normalized spacial score (nSPS) is 30.9. The molecule has 3 atom stereocenters. The van der Waals surface area contributed by atoms with Crippen molar-refractivity contribution in [1.82, 2.24) is 4.90 Å². The average Bonchev–Trinajstić information content (AvgIpc) is 3.20. The van der Waals surface area contributed by atoms with Crippen molar-refractivity contribution in [1.29, 1.82) is 0 Å². The van der Waals surface area contributed by atoms with Crippen LogP contribution < -0.4 is 4.74 Å². The van der Waals surface area contributed by atoms with Crippen molar-refractivity contribution in [2.24, 2.45) is 0 Å². The second kappa shape index (κ2) is 5.59. The zero-order valence-corrected chi connectivity index (χ0v) is 12.3. The van der Waals surface area contributed by atoms with Crippen molar-refractivity contribution in [2.45, 2.75) is 50.0 Å². The van der Waals surface area contributed by atoms with Crippen molar-refractivity contribution < 1.29 is 14.6 Å². The van der Waals surface area contributed by atoms with E-state index in [0.717, 1.165) is 43.9 Å². The summed E-state index contributed by atoms with van der Waals surface area (Å²) < 4.78 is 11.7. The molecule has 4 heteroatoms. The second-order valence-corrected chi connectivity index (χ2v) is 6.50. The van der Waals surface area contributed by atoms with Crippen LogP contribution in [0.2, 0.25) is 0 Å². The Morgan fingerprint density at radius 1 is 1.29 bits per heavy atom. The number of hydrogen-bond donors (Lipinski definition) is 1. The van der Waals surface area contributed by atoms with E-state index >= 15 is 0 Å². The molecule has 4 rings (SSSR count). The van der Waals surface area contributed by atoms with E-state index in [2.05, 4.69) is 4.90 Å². The molecule has 1 N–H and O–H groups in total. The number of hydrogen-bond acceptors (Lipinski definition) is 4. The van der Waals surface area contributed by atoms with Crippen molar-refractivity contribution in [2.75, 3.05) is 19.7 Å². The standard InChI is InChI=1S/C17H23NO3/c19-17(16-10-18-8-2-4-13(18)11-20-16)12-3-1-5-15(9-12)21-14-6-7-14/h1,3,5,9,13-14,16-17,19H,2,4,6-8,10-11H2. The zero-order valence-electron chi connectivity index (χ0n) is 12.3. The Hall–Kier alpha value is -1.10. The minimum Gasteiger partial charge on any atom is -0.490 e. The van der Waals surface area contributed by atoms with Crippen LogP contribution in [0.3, 0.4) is 0 Å². The predicted molar refractivity (Wildman–Crippen MR) is 79.4 cm³/mol. The highest BCUT2D eigenvalue weighted by Gasteiger charge is 2.35. The van der Waals surface area contributed by atoms with Crippen LogP contribution in [0, 0.1) is 0 Å². The van der Waals surface area contributed by atoms with Gasteiger partial charge < -0.3 is 14.6 Å². The molecule has 1 aromatic rings. The summed E-state index contributed by atoms with van der Waals surface area (Å²) in [6, 6.07) is 8.41. The van der Waals surface area contributed by atoms with Gasteiger partial charge in [-0.25, -0.2) is 0 Å². The number of benzene rings is 1. The SMILES string of the molecule is OC(c1cccc(OC2CC2)c1)C1CN2CCCC2CO1. The third-order valence-electron chi connectivity index (χ3n) is 4.80. The van der Waals surface area contributed by atoms with E-state index in [4.69, 9.17) is 9.47 Å². The van der Waals surface area contributed by atoms with Gasteiger partial charge in [0, 0.05) is 12.6 Å². The summed E-state index contributed by atoms with van der Waals surface area (Å²) in [7, 11) is 0. The molecule has 1 aromatic carbocycles. The van der Waals surface area contributed by atoms with E-state index in [1.165, 1.54) is 12.8 Å². The van der Waals surface area contributed by atoms with Gasteiger partial charge in [0.25, 0.3) is 0 Å². The third-order valence-corrected chi connectivity index (χ3v) is 4.80. The van der Waals surface area contributed by atoms with Crippen LogP contribution in [0.5, 0.6) is 5.75 Å². The Morgan fingerprint density at radius 2 is 2.19 bits per heavy atom. The topological polar surface area (TPSA) is 41.9 Å². The molecule has 114 valence electrons. The smallest absolute Gasteiger partial charge is 0.120 e. The van der Waals surface area contributed by atoms with Crippen LogP contribution in [0.4, 0.5) is 0 Å². The number of rotatable bonds is 4. The molecule has 0 spiro atoms. The Balaban J connectivity index is 1.44. The molecule has 3 aliphatic rings. The molecular formula is C17H23NO3. The van der Waals surface area contributed by atoms with Gasteiger partial charge in [0.1, 0.15) is 18.0 Å². The number of ether oxygens (including phenoxy) is 2. The average molecular weight is 289 g/mol. The van der Waals surface area contributed by atoms with E-state index in [1.54, 1.807) is 0 Å². The van der Waals surface area contributed by atoms with Gasteiger partial charge in [-0.1, -0.05) is 12.1 Å². The molecule has 3 unspecified atom stereocenters. The number of fused-ring (bicyclic) bond motifs is 1. The lowest BCUT2D eigenvalue weighted by molar-refractivity contribution is -0.103. The van der Waals surface area contributed by atoms with E-state index in [0.29, 0.717) is 12.1 Å². The van der Waals surface area contributed by atoms with Crippen molar-refractivity contribution >= 4 is 0 Å². The van der Waals surface area contributed by atoms with Gasteiger partial charge in [0.05, 0.1) is 12.7 Å². The molecule has 4 nitrogen and oxygen atoms in total. The molecule has 2 heterocycles. The Morgan fingerprint density at radius 3 is 3.05 bits per heavy atom. The highest BCUT2D eigenvalue weighted by Crippen LogP contribution is 2.31. The fourth-order valence-electron chi connectivity index (χ4n) is 3.40. The maximum atomic E-state index is 10.6. The van der Waals surface area contributed by atoms with E-state index in [-0.39, 0.29) is 6.10 Å². The lowest BCUT2D eigenvalue weighted by Crippen LogP contribution is -2.48. The molecule has 21 heavy (non-hydrogen) atoms. The van der Waals surface area contributed by atoms with Crippen LogP contribution in [-0.4, -0.2) is 48.0 Å². The van der Waals surface area contributed by atoms with Crippen LogP contribution in [0.15, 0.2) is 24.3 Å². The van der Waals surface area contributed by atoms with Gasteiger partial charge in [0.2, 0.25) is 0 Å². The fraction of sp³-hybridized carbons (Fsp3) is 0.647. The first-order valence-corrected chi connectivity index (χ1v) is 8.10. The molecule has 2 aliphatic heterocycles. The minimum absolute atomic E-state index is 0.129. The molecule has 1 aliphatic carbocycles. The first kappa shape index (κ1) is 13.6. The third kappa shape index (κ3) is 2.93. The van der Waals surface area contributed by atoms with Crippen molar-refractivity contribution in [3.05, 3.63) is 29.8 Å².